The third-order valence-corrected chi connectivity index (χ3v) is 9.12. The van der Waals surface area contributed by atoms with Crippen molar-refractivity contribution in [2.24, 2.45) is 0 Å². The van der Waals surface area contributed by atoms with Crippen LogP contribution < -0.4 is 9.64 Å². The molecule has 5 aromatic rings. The maximum absolute atomic E-state index is 14.6. The molecule has 7 rings (SSSR count). The third-order valence-electron chi connectivity index (χ3n) is 9.12. The number of nitrogens with one attached hydrogen (secondary N) is 1. The van der Waals surface area contributed by atoms with Crippen LogP contribution in [0, 0.1) is 13.8 Å². The first-order valence-corrected chi connectivity index (χ1v) is 13.6. The second kappa shape index (κ2) is 8.24. The van der Waals surface area contributed by atoms with Crippen LogP contribution in [-0.4, -0.2) is 42.2 Å². The first-order chi connectivity index (χ1) is 19.3. The monoisotopic (exact) mass is 533 g/mol. The molecule has 2 aromatic heterocycles. The summed E-state index contributed by atoms with van der Waals surface area (Å²) in [4.78, 5) is 34.5. The Morgan fingerprint density at radius 1 is 1.00 bits per heavy atom. The zero-order valence-corrected chi connectivity index (χ0v) is 23.3. The van der Waals surface area contributed by atoms with Crippen LogP contribution >= 0.6 is 0 Å². The zero-order valence-electron chi connectivity index (χ0n) is 23.3. The molecule has 1 unspecified atom stereocenters. The Morgan fingerprint density at radius 2 is 1.73 bits per heavy atom. The summed E-state index contributed by atoms with van der Waals surface area (Å²) in [5.41, 5.74) is 4.56. The fraction of sp³-hybridized carbons (Fsp3) is 0.273. The molecular formula is C33H31N3O4. The van der Waals surface area contributed by atoms with Crippen molar-refractivity contribution in [1.82, 2.24) is 9.55 Å². The number of aromatic amines is 1. The van der Waals surface area contributed by atoms with Gasteiger partial charge in [0.05, 0.1) is 19.4 Å². The lowest BCUT2D eigenvalue weighted by Crippen LogP contribution is -2.45. The van der Waals surface area contributed by atoms with Crippen LogP contribution in [0.4, 0.5) is 5.69 Å². The Bertz CT molecular complexity index is 1880. The number of H-pyrrole nitrogens is 1. The summed E-state index contributed by atoms with van der Waals surface area (Å²) in [5, 5.41) is 2.04. The standard InChI is InChI=1S/C33H31N3O4/c1-6-40-31(38)33(28-19(2)22-11-7-9-13-25(22)34-28)18-32(29-20(3)23-12-8-10-14-26(23)36(29)33)24-17-21(39-5)15-16-27(24)35(4)30(32)37/h7-17,34H,6,18H2,1-5H3/t32?,33-/m1/s1. The number of anilines is 1. The molecule has 3 aromatic carbocycles. The molecular weight excluding hydrogens is 502 g/mol. The topological polar surface area (TPSA) is 76.6 Å². The maximum atomic E-state index is 14.6. The number of hydrogen-bond acceptors (Lipinski definition) is 4. The highest BCUT2D eigenvalue weighted by molar-refractivity contribution is 6.13. The van der Waals surface area contributed by atoms with Crippen molar-refractivity contribution in [3.63, 3.8) is 0 Å². The molecule has 202 valence electrons. The van der Waals surface area contributed by atoms with Crippen LogP contribution in [0.2, 0.25) is 0 Å². The number of hydrogen-bond donors (Lipinski definition) is 1. The van der Waals surface area contributed by atoms with Gasteiger partial charge in [0.2, 0.25) is 5.91 Å². The minimum absolute atomic E-state index is 0.0668. The Morgan fingerprint density at radius 3 is 2.45 bits per heavy atom. The molecule has 0 radical (unpaired) electrons. The molecule has 40 heavy (non-hydrogen) atoms. The molecule has 1 spiro atoms. The molecule has 0 bridgehead atoms. The van der Waals surface area contributed by atoms with Crippen molar-refractivity contribution in [1.29, 1.82) is 0 Å². The quantitative estimate of drug-likeness (QED) is 0.300. The number of carbonyl (C=O) groups is 2. The van der Waals surface area contributed by atoms with E-state index in [0.29, 0.717) is 5.75 Å². The predicted octanol–water partition coefficient (Wildman–Crippen LogP) is 5.72. The molecule has 0 aliphatic carbocycles. The summed E-state index contributed by atoms with van der Waals surface area (Å²) in [7, 11) is 3.44. The van der Waals surface area contributed by atoms with Crippen molar-refractivity contribution in [3.8, 4) is 5.75 Å². The Balaban J connectivity index is 1.68. The van der Waals surface area contributed by atoms with Crippen molar-refractivity contribution < 1.29 is 19.1 Å². The number of aryl methyl sites for hydroxylation is 2. The highest BCUT2D eigenvalue weighted by Gasteiger charge is 2.67. The highest BCUT2D eigenvalue weighted by atomic mass is 16.5. The lowest BCUT2D eigenvalue weighted by Gasteiger charge is -2.32. The minimum atomic E-state index is -1.32. The lowest BCUT2D eigenvalue weighted by atomic mass is 9.71. The fourth-order valence-corrected chi connectivity index (χ4v) is 7.45. The first kappa shape index (κ1) is 24.5. The molecule has 1 N–H and O–H groups in total. The van der Waals surface area contributed by atoms with Crippen molar-refractivity contribution in [2.75, 3.05) is 25.7 Å². The molecule has 1 amide bonds. The van der Waals surface area contributed by atoms with E-state index < -0.39 is 11.0 Å². The molecule has 2 atom stereocenters. The minimum Gasteiger partial charge on any atom is -0.497 e. The van der Waals surface area contributed by atoms with E-state index in [1.165, 1.54) is 0 Å². The lowest BCUT2D eigenvalue weighted by molar-refractivity contribution is -0.151. The zero-order chi connectivity index (χ0) is 28.0. The van der Waals surface area contributed by atoms with Gasteiger partial charge in [-0.25, -0.2) is 4.79 Å². The summed E-state index contributed by atoms with van der Waals surface area (Å²) >= 11 is 0. The predicted molar refractivity (Wildman–Crippen MR) is 155 cm³/mol. The van der Waals surface area contributed by atoms with Crippen molar-refractivity contribution in [3.05, 3.63) is 94.8 Å². The number of fused-ring (bicyclic) bond motifs is 7. The van der Waals surface area contributed by atoms with Gasteiger partial charge in [-0.3, -0.25) is 4.79 Å². The van der Waals surface area contributed by atoms with Gasteiger partial charge in [0.25, 0.3) is 0 Å². The summed E-state index contributed by atoms with van der Waals surface area (Å²) in [6, 6.07) is 21.9. The number of nitrogens with zero attached hydrogens (tertiary/aromatic N) is 2. The fourth-order valence-electron chi connectivity index (χ4n) is 7.45. The molecule has 2 aliphatic rings. The molecule has 7 heteroatoms. The number of para-hydroxylation sites is 2. The number of benzene rings is 3. The molecule has 2 aliphatic heterocycles. The van der Waals surface area contributed by atoms with Crippen LogP contribution in [-0.2, 0) is 25.3 Å². The number of aromatic nitrogens is 2. The Hall–Kier alpha value is -4.52. The van der Waals surface area contributed by atoms with Crippen LogP contribution in [0.3, 0.4) is 0 Å². The number of methoxy groups -OCH3 is 1. The van der Waals surface area contributed by atoms with E-state index in [9.17, 15) is 9.59 Å². The third kappa shape index (κ3) is 2.74. The van der Waals surface area contributed by atoms with Gasteiger partial charge in [-0.1, -0.05) is 36.4 Å². The SMILES string of the molecule is CCOC(=O)[C@]1(c2[nH]c3ccccc3c2C)CC2(C(=O)N(C)c3ccc(OC)cc32)c2c(C)c3ccccc3n21. The van der Waals surface area contributed by atoms with E-state index in [2.05, 4.69) is 28.6 Å². The average Bonchev–Trinajstić information content (AvgIpc) is 3.65. The molecule has 7 nitrogen and oxygen atoms in total. The van der Waals surface area contributed by atoms with Crippen LogP contribution in [0.1, 0.15) is 41.4 Å². The largest absolute Gasteiger partial charge is 0.497 e. The number of carbonyl (C=O) groups excluding carboxylic acids is 2. The first-order valence-electron chi connectivity index (χ1n) is 13.6. The van der Waals surface area contributed by atoms with Crippen LogP contribution in [0.5, 0.6) is 5.75 Å². The number of ether oxygens (including phenoxy) is 2. The summed E-state index contributed by atoms with van der Waals surface area (Å²) in [5.74, 6) is 0.218. The van der Waals surface area contributed by atoms with Crippen molar-refractivity contribution >= 4 is 39.4 Å². The van der Waals surface area contributed by atoms with Gasteiger partial charge < -0.3 is 23.9 Å². The normalized spacial score (nSPS) is 21.4. The number of esters is 1. The van der Waals surface area contributed by atoms with Gasteiger partial charge in [-0.15, -0.1) is 0 Å². The van der Waals surface area contributed by atoms with E-state index in [4.69, 9.17) is 9.47 Å². The number of rotatable bonds is 4. The average molecular weight is 534 g/mol. The van der Waals surface area contributed by atoms with E-state index in [1.807, 2.05) is 75.5 Å². The van der Waals surface area contributed by atoms with Gasteiger partial charge in [0, 0.05) is 52.2 Å². The smallest absolute Gasteiger partial charge is 0.338 e. The molecule has 0 saturated heterocycles. The van der Waals surface area contributed by atoms with Gasteiger partial charge >= 0.3 is 5.97 Å². The van der Waals surface area contributed by atoms with E-state index in [0.717, 1.165) is 55.6 Å². The van der Waals surface area contributed by atoms with Crippen LogP contribution in [0.15, 0.2) is 66.7 Å². The Kier molecular flexibility index (Phi) is 5.05. The van der Waals surface area contributed by atoms with Crippen molar-refractivity contribution in [2.45, 2.75) is 38.1 Å². The summed E-state index contributed by atoms with van der Waals surface area (Å²) in [6.07, 6.45) is 0.191. The van der Waals surface area contributed by atoms with Gasteiger partial charge in [-0.05, 0) is 62.2 Å². The molecule has 4 heterocycles. The highest BCUT2D eigenvalue weighted by Crippen LogP contribution is 2.61. The van der Waals surface area contributed by atoms with Gasteiger partial charge in [0.15, 0.2) is 5.54 Å². The second-order valence-electron chi connectivity index (χ2n) is 10.9. The maximum Gasteiger partial charge on any atom is 0.338 e. The van der Waals surface area contributed by atoms with Gasteiger partial charge in [0.1, 0.15) is 11.2 Å². The number of likely N-dealkylation sites (N-methyl/N-ethyl adjacent to an activating group) is 1. The van der Waals surface area contributed by atoms with E-state index in [1.54, 1.807) is 12.0 Å². The van der Waals surface area contributed by atoms with Crippen LogP contribution in [0.25, 0.3) is 21.8 Å². The Labute approximate surface area is 232 Å². The molecule has 0 fully saturated rings. The summed E-state index contributed by atoms with van der Waals surface area (Å²) in [6.45, 7) is 6.14. The van der Waals surface area contributed by atoms with Gasteiger partial charge in [-0.2, -0.15) is 0 Å². The number of amides is 1. The van der Waals surface area contributed by atoms with E-state index >= 15 is 0 Å². The summed E-state index contributed by atoms with van der Waals surface area (Å²) < 4.78 is 13.7. The van der Waals surface area contributed by atoms with E-state index in [-0.39, 0.29) is 24.9 Å². The second-order valence-corrected chi connectivity index (χ2v) is 10.9. The molecule has 0 saturated carbocycles.